The Morgan fingerprint density at radius 3 is 2.76 bits per heavy atom. The van der Waals surface area contributed by atoms with Gasteiger partial charge in [-0.3, -0.25) is 9.48 Å². The van der Waals surface area contributed by atoms with E-state index in [1.165, 1.54) is 4.88 Å². The number of hydrogen-bond acceptors (Lipinski definition) is 3. The van der Waals surface area contributed by atoms with E-state index in [9.17, 15) is 4.79 Å². The topological polar surface area (TPSA) is 38.1 Å². The quantitative estimate of drug-likeness (QED) is 0.852. The second-order valence-electron chi connectivity index (χ2n) is 5.78. The number of hydrogen-bond donors (Lipinski definition) is 0. The van der Waals surface area contributed by atoms with E-state index in [2.05, 4.69) is 21.4 Å². The molecule has 5 heteroatoms. The van der Waals surface area contributed by atoms with E-state index < -0.39 is 0 Å². The molecule has 1 amide bonds. The molecule has 0 atom stereocenters. The SMILES string of the molecule is Cc1nn(C)c(C)c1CC(=O)N(Cc1cccs1)C1CC1. The molecule has 0 N–H and O–H groups in total. The van der Waals surface area contributed by atoms with Crippen LogP contribution in [0.5, 0.6) is 0 Å². The maximum absolute atomic E-state index is 12.7. The Morgan fingerprint density at radius 1 is 1.48 bits per heavy atom. The summed E-state index contributed by atoms with van der Waals surface area (Å²) in [6.07, 6.45) is 2.75. The fourth-order valence-electron chi connectivity index (χ4n) is 2.70. The minimum Gasteiger partial charge on any atom is -0.334 e. The number of rotatable bonds is 5. The van der Waals surface area contributed by atoms with Gasteiger partial charge >= 0.3 is 0 Å². The van der Waals surface area contributed by atoms with Gasteiger partial charge in [-0.15, -0.1) is 11.3 Å². The molecule has 4 nitrogen and oxygen atoms in total. The van der Waals surface area contributed by atoms with Crippen molar-refractivity contribution < 1.29 is 4.79 Å². The van der Waals surface area contributed by atoms with Gasteiger partial charge in [-0.25, -0.2) is 0 Å². The molecule has 2 heterocycles. The molecule has 1 aliphatic rings. The van der Waals surface area contributed by atoms with Gasteiger partial charge in [-0.2, -0.15) is 5.10 Å². The van der Waals surface area contributed by atoms with Gasteiger partial charge in [-0.1, -0.05) is 6.07 Å². The molecular formula is C16H21N3OS. The second kappa shape index (κ2) is 5.64. The van der Waals surface area contributed by atoms with E-state index >= 15 is 0 Å². The first kappa shape index (κ1) is 14.3. The van der Waals surface area contributed by atoms with E-state index in [1.807, 2.05) is 31.6 Å². The van der Waals surface area contributed by atoms with Crippen molar-refractivity contribution in [2.75, 3.05) is 0 Å². The third kappa shape index (κ3) is 3.02. The molecule has 0 bridgehead atoms. The fraction of sp³-hybridized carbons (Fsp3) is 0.500. The molecule has 112 valence electrons. The van der Waals surface area contributed by atoms with E-state index in [0.717, 1.165) is 36.3 Å². The summed E-state index contributed by atoms with van der Waals surface area (Å²) < 4.78 is 1.86. The predicted octanol–water partition coefficient (Wildman–Crippen LogP) is 2.83. The van der Waals surface area contributed by atoms with E-state index in [4.69, 9.17) is 0 Å². The van der Waals surface area contributed by atoms with Crippen LogP contribution >= 0.6 is 11.3 Å². The van der Waals surface area contributed by atoms with Crippen LogP contribution in [0.1, 0.15) is 34.7 Å². The Hall–Kier alpha value is -1.62. The van der Waals surface area contributed by atoms with Crippen LogP contribution in [0, 0.1) is 13.8 Å². The molecule has 0 radical (unpaired) electrons. The minimum atomic E-state index is 0.227. The lowest BCUT2D eigenvalue weighted by molar-refractivity contribution is -0.131. The van der Waals surface area contributed by atoms with Crippen LogP contribution in [-0.2, 0) is 24.8 Å². The summed E-state index contributed by atoms with van der Waals surface area (Å²) in [5.41, 5.74) is 3.14. The summed E-state index contributed by atoms with van der Waals surface area (Å²) in [7, 11) is 1.93. The van der Waals surface area contributed by atoms with Crippen molar-refractivity contribution in [1.82, 2.24) is 14.7 Å². The van der Waals surface area contributed by atoms with Crippen molar-refractivity contribution in [3.8, 4) is 0 Å². The summed E-state index contributed by atoms with van der Waals surface area (Å²) in [6, 6.07) is 4.59. The fourth-order valence-corrected chi connectivity index (χ4v) is 3.41. The lowest BCUT2D eigenvalue weighted by Crippen LogP contribution is -2.33. The van der Waals surface area contributed by atoms with Gasteiger partial charge in [0.05, 0.1) is 18.7 Å². The first-order valence-electron chi connectivity index (χ1n) is 7.37. The maximum Gasteiger partial charge on any atom is 0.227 e. The Balaban J connectivity index is 1.75. The number of amides is 1. The van der Waals surface area contributed by atoms with Gasteiger partial charge in [0.1, 0.15) is 0 Å². The van der Waals surface area contributed by atoms with Crippen molar-refractivity contribution in [1.29, 1.82) is 0 Å². The van der Waals surface area contributed by atoms with Gasteiger partial charge in [0.2, 0.25) is 5.91 Å². The largest absolute Gasteiger partial charge is 0.334 e. The third-order valence-corrected chi connectivity index (χ3v) is 5.06. The molecule has 0 unspecified atom stereocenters. The number of thiophene rings is 1. The van der Waals surface area contributed by atoms with Crippen LogP contribution in [0.2, 0.25) is 0 Å². The molecular weight excluding hydrogens is 282 g/mol. The van der Waals surface area contributed by atoms with E-state index in [-0.39, 0.29) is 5.91 Å². The summed E-state index contributed by atoms with van der Waals surface area (Å²) >= 11 is 1.72. The van der Waals surface area contributed by atoms with Crippen LogP contribution in [0.4, 0.5) is 0 Å². The molecule has 1 saturated carbocycles. The van der Waals surface area contributed by atoms with Gasteiger partial charge in [-0.05, 0) is 38.1 Å². The zero-order valence-corrected chi connectivity index (χ0v) is 13.6. The van der Waals surface area contributed by atoms with Crippen molar-refractivity contribution in [2.24, 2.45) is 7.05 Å². The van der Waals surface area contributed by atoms with Crippen molar-refractivity contribution in [3.05, 3.63) is 39.3 Å². The Morgan fingerprint density at radius 2 is 2.24 bits per heavy atom. The number of aromatic nitrogens is 2. The summed E-state index contributed by atoms with van der Waals surface area (Å²) in [4.78, 5) is 16.0. The van der Waals surface area contributed by atoms with Gasteiger partial charge in [0.25, 0.3) is 0 Å². The van der Waals surface area contributed by atoms with Crippen molar-refractivity contribution >= 4 is 17.2 Å². The lowest BCUT2D eigenvalue weighted by Gasteiger charge is -2.22. The van der Waals surface area contributed by atoms with E-state index in [0.29, 0.717) is 12.5 Å². The summed E-state index contributed by atoms with van der Waals surface area (Å²) in [5, 5.41) is 6.48. The molecule has 3 rings (SSSR count). The molecule has 0 saturated heterocycles. The first-order valence-corrected chi connectivity index (χ1v) is 8.25. The highest BCUT2D eigenvalue weighted by Gasteiger charge is 2.33. The number of nitrogens with zero attached hydrogens (tertiary/aromatic N) is 3. The minimum absolute atomic E-state index is 0.227. The monoisotopic (exact) mass is 303 g/mol. The molecule has 2 aromatic heterocycles. The summed E-state index contributed by atoms with van der Waals surface area (Å²) in [5.74, 6) is 0.227. The Labute approximate surface area is 129 Å². The molecule has 21 heavy (non-hydrogen) atoms. The molecule has 2 aromatic rings. The van der Waals surface area contributed by atoms with E-state index in [1.54, 1.807) is 11.3 Å². The van der Waals surface area contributed by atoms with Crippen LogP contribution in [-0.4, -0.2) is 26.6 Å². The van der Waals surface area contributed by atoms with Crippen molar-refractivity contribution in [3.63, 3.8) is 0 Å². The zero-order valence-electron chi connectivity index (χ0n) is 12.8. The first-order chi connectivity index (χ1) is 10.1. The Bertz CT molecular complexity index is 641. The highest BCUT2D eigenvalue weighted by Crippen LogP contribution is 2.30. The highest BCUT2D eigenvalue weighted by molar-refractivity contribution is 7.09. The average molecular weight is 303 g/mol. The smallest absolute Gasteiger partial charge is 0.227 e. The molecule has 1 fully saturated rings. The normalized spacial score (nSPS) is 14.4. The number of aryl methyl sites for hydroxylation is 2. The molecule has 1 aliphatic carbocycles. The number of carbonyl (C=O) groups is 1. The predicted molar refractivity (Wildman–Crippen MR) is 84.3 cm³/mol. The highest BCUT2D eigenvalue weighted by atomic mass is 32.1. The van der Waals surface area contributed by atoms with Crippen molar-refractivity contribution in [2.45, 2.75) is 45.7 Å². The zero-order chi connectivity index (χ0) is 15.0. The van der Waals surface area contributed by atoms with Gasteiger partial charge in [0, 0.05) is 29.2 Å². The lowest BCUT2D eigenvalue weighted by atomic mass is 10.1. The number of carbonyl (C=O) groups excluding carboxylic acids is 1. The van der Waals surface area contributed by atoms with Crippen LogP contribution in [0.15, 0.2) is 17.5 Å². The standard InChI is InChI=1S/C16H21N3OS/c1-11-15(12(2)18(3)17-11)9-16(20)19(13-6-7-13)10-14-5-4-8-21-14/h4-5,8,13H,6-7,9-10H2,1-3H3. The maximum atomic E-state index is 12.7. The average Bonchev–Trinajstić information content (AvgIpc) is 3.11. The van der Waals surface area contributed by atoms with Crippen LogP contribution in [0.25, 0.3) is 0 Å². The molecule has 0 aliphatic heterocycles. The second-order valence-corrected chi connectivity index (χ2v) is 6.81. The summed E-state index contributed by atoms with van der Waals surface area (Å²) in [6.45, 7) is 4.76. The third-order valence-electron chi connectivity index (χ3n) is 4.20. The molecule has 0 spiro atoms. The van der Waals surface area contributed by atoms with Crippen LogP contribution < -0.4 is 0 Å². The molecule has 0 aromatic carbocycles. The Kier molecular flexibility index (Phi) is 3.85. The van der Waals surface area contributed by atoms with Gasteiger partial charge in [0.15, 0.2) is 0 Å². The van der Waals surface area contributed by atoms with Crippen LogP contribution in [0.3, 0.4) is 0 Å². The van der Waals surface area contributed by atoms with Gasteiger partial charge < -0.3 is 4.90 Å².